The summed E-state index contributed by atoms with van der Waals surface area (Å²) in [5.41, 5.74) is 7.07. The van der Waals surface area contributed by atoms with Crippen LogP contribution in [0.15, 0.2) is 36.4 Å². The van der Waals surface area contributed by atoms with E-state index in [1.54, 1.807) is 25.1 Å². The highest BCUT2D eigenvalue weighted by Crippen LogP contribution is 2.22. The summed E-state index contributed by atoms with van der Waals surface area (Å²) in [6.07, 6.45) is 0. The normalized spacial score (nSPS) is 10.4. The molecule has 2 nitrogen and oxygen atoms in total. The molecular formula is C14H13F2NO. The molecule has 0 spiro atoms. The average molecular weight is 249 g/mol. The maximum absolute atomic E-state index is 13.7. The van der Waals surface area contributed by atoms with Crippen molar-refractivity contribution < 1.29 is 13.5 Å². The molecular weight excluding hydrogens is 236 g/mol. The first-order valence-corrected chi connectivity index (χ1v) is 5.50. The van der Waals surface area contributed by atoms with Crippen molar-refractivity contribution in [1.29, 1.82) is 0 Å². The van der Waals surface area contributed by atoms with Crippen LogP contribution in [0.25, 0.3) is 0 Å². The zero-order valence-corrected chi connectivity index (χ0v) is 9.91. The lowest BCUT2D eigenvalue weighted by molar-refractivity contribution is 0.290. The second-order valence-electron chi connectivity index (χ2n) is 4.02. The molecule has 0 unspecified atom stereocenters. The summed E-state index contributed by atoms with van der Waals surface area (Å²) >= 11 is 0. The summed E-state index contributed by atoms with van der Waals surface area (Å²) in [6.45, 7) is 1.76. The zero-order valence-electron chi connectivity index (χ0n) is 9.91. The van der Waals surface area contributed by atoms with Gasteiger partial charge in [-0.25, -0.2) is 8.78 Å². The first kappa shape index (κ1) is 12.4. The van der Waals surface area contributed by atoms with Crippen molar-refractivity contribution in [2.45, 2.75) is 13.5 Å². The second-order valence-corrected chi connectivity index (χ2v) is 4.02. The van der Waals surface area contributed by atoms with Gasteiger partial charge in [0, 0.05) is 11.3 Å². The van der Waals surface area contributed by atoms with Gasteiger partial charge in [-0.3, -0.25) is 0 Å². The molecule has 0 radical (unpaired) electrons. The Morgan fingerprint density at radius 2 is 1.94 bits per heavy atom. The highest BCUT2D eigenvalue weighted by Gasteiger charge is 2.07. The second kappa shape index (κ2) is 5.04. The van der Waals surface area contributed by atoms with Crippen molar-refractivity contribution in [3.05, 3.63) is 59.2 Å². The fourth-order valence-electron chi connectivity index (χ4n) is 1.58. The van der Waals surface area contributed by atoms with Crippen molar-refractivity contribution in [1.82, 2.24) is 0 Å². The molecule has 2 aromatic rings. The lowest BCUT2D eigenvalue weighted by atomic mass is 10.2. The van der Waals surface area contributed by atoms with E-state index in [2.05, 4.69) is 0 Å². The molecule has 94 valence electrons. The van der Waals surface area contributed by atoms with E-state index >= 15 is 0 Å². The van der Waals surface area contributed by atoms with Gasteiger partial charge in [-0.2, -0.15) is 0 Å². The molecule has 0 saturated heterocycles. The van der Waals surface area contributed by atoms with Crippen LogP contribution in [0.4, 0.5) is 14.5 Å². The topological polar surface area (TPSA) is 35.2 Å². The van der Waals surface area contributed by atoms with Gasteiger partial charge in [0.2, 0.25) is 0 Å². The Morgan fingerprint density at radius 3 is 2.67 bits per heavy atom. The molecule has 4 heteroatoms. The Kier molecular flexibility index (Phi) is 3.46. The summed E-state index contributed by atoms with van der Waals surface area (Å²) in [5.74, 6) is -0.630. The van der Waals surface area contributed by atoms with E-state index in [0.29, 0.717) is 16.8 Å². The predicted octanol–water partition coefficient (Wildman–Crippen LogP) is 3.43. The minimum absolute atomic E-state index is 0.104. The van der Waals surface area contributed by atoms with Crippen LogP contribution < -0.4 is 10.5 Å². The minimum atomic E-state index is -0.405. The Morgan fingerprint density at radius 1 is 1.17 bits per heavy atom. The number of aryl methyl sites for hydroxylation is 1. The van der Waals surface area contributed by atoms with E-state index in [1.165, 1.54) is 18.2 Å². The van der Waals surface area contributed by atoms with Crippen LogP contribution in [-0.2, 0) is 6.61 Å². The zero-order chi connectivity index (χ0) is 13.1. The van der Waals surface area contributed by atoms with E-state index < -0.39 is 11.6 Å². The number of anilines is 1. The summed E-state index contributed by atoms with van der Waals surface area (Å²) in [4.78, 5) is 0. The molecule has 0 amide bonds. The third-order valence-electron chi connectivity index (χ3n) is 2.65. The van der Waals surface area contributed by atoms with Gasteiger partial charge >= 0.3 is 0 Å². The van der Waals surface area contributed by atoms with Gasteiger partial charge in [-0.1, -0.05) is 18.2 Å². The number of halogens is 2. The van der Waals surface area contributed by atoms with Crippen molar-refractivity contribution >= 4 is 5.69 Å². The summed E-state index contributed by atoms with van der Waals surface area (Å²) in [5, 5.41) is 0. The number of ether oxygens (including phenoxy) is 1. The maximum Gasteiger partial charge on any atom is 0.167 e. The van der Waals surface area contributed by atoms with E-state index in [9.17, 15) is 8.78 Å². The van der Waals surface area contributed by atoms with Gasteiger partial charge in [-0.15, -0.1) is 0 Å². The molecule has 2 N–H and O–H groups in total. The molecule has 0 fully saturated rings. The fourth-order valence-corrected chi connectivity index (χ4v) is 1.58. The number of nitrogens with two attached hydrogens (primary N) is 1. The molecule has 0 aliphatic carbocycles. The smallest absolute Gasteiger partial charge is 0.167 e. The third kappa shape index (κ3) is 2.59. The number of rotatable bonds is 3. The van der Waals surface area contributed by atoms with Gasteiger partial charge in [0.15, 0.2) is 11.6 Å². The van der Waals surface area contributed by atoms with Crippen LogP contribution in [0.2, 0.25) is 0 Å². The monoisotopic (exact) mass is 249 g/mol. The Bertz CT molecular complexity index is 570. The number of benzene rings is 2. The fraction of sp³-hybridized carbons (Fsp3) is 0.143. The first-order chi connectivity index (χ1) is 8.58. The minimum Gasteiger partial charge on any atom is -0.486 e. The lowest BCUT2D eigenvalue weighted by Crippen LogP contribution is -2.02. The van der Waals surface area contributed by atoms with Crippen molar-refractivity contribution in [2.24, 2.45) is 0 Å². The molecule has 0 aromatic heterocycles. The van der Waals surface area contributed by atoms with E-state index in [-0.39, 0.29) is 12.4 Å². The Labute approximate surface area is 104 Å². The predicted molar refractivity (Wildman–Crippen MR) is 66.3 cm³/mol. The van der Waals surface area contributed by atoms with Crippen LogP contribution >= 0.6 is 0 Å². The van der Waals surface area contributed by atoms with Crippen molar-refractivity contribution in [3.63, 3.8) is 0 Å². The molecule has 0 saturated carbocycles. The van der Waals surface area contributed by atoms with Crippen LogP contribution in [-0.4, -0.2) is 0 Å². The van der Waals surface area contributed by atoms with Crippen LogP contribution in [0.5, 0.6) is 5.75 Å². The quantitative estimate of drug-likeness (QED) is 0.846. The molecule has 18 heavy (non-hydrogen) atoms. The molecule has 0 aliphatic rings. The molecule has 0 heterocycles. The van der Waals surface area contributed by atoms with Crippen molar-refractivity contribution in [3.8, 4) is 5.75 Å². The Hall–Kier alpha value is -2.10. The van der Waals surface area contributed by atoms with E-state index in [0.717, 1.165) is 0 Å². The standard InChI is InChI=1S/C14H13F2NO/c1-9-3-2-4-13(14(9)16)18-8-10-5-6-11(15)7-12(10)17/h2-7H,8,17H2,1H3. The SMILES string of the molecule is Cc1cccc(OCc2ccc(F)cc2N)c1F. The lowest BCUT2D eigenvalue weighted by Gasteiger charge is -2.10. The third-order valence-corrected chi connectivity index (χ3v) is 2.65. The maximum atomic E-state index is 13.7. The number of nitrogen functional groups attached to an aromatic ring is 1. The summed E-state index contributed by atoms with van der Waals surface area (Å²) in [7, 11) is 0. The van der Waals surface area contributed by atoms with Gasteiger partial charge in [0.05, 0.1) is 0 Å². The van der Waals surface area contributed by atoms with Gasteiger partial charge in [0.25, 0.3) is 0 Å². The highest BCUT2D eigenvalue weighted by atomic mass is 19.1. The Balaban J connectivity index is 2.14. The van der Waals surface area contributed by atoms with Crippen LogP contribution in [0.1, 0.15) is 11.1 Å². The molecule has 0 bridgehead atoms. The molecule has 2 aromatic carbocycles. The van der Waals surface area contributed by atoms with Gasteiger partial charge < -0.3 is 10.5 Å². The van der Waals surface area contributed by atoms with Crippen LogP contribution in [0, 0.1) is 18.6 Å². The molecule has 0 atom stereocenters. The van der Waals surface area contributed by atoms with E-state index in [1.807, 2.05) is 0 Å². The van der Waals surface area contributed by atoms with Crippen LogP contribution in [0.3, 0.4) is 0 Å². The highest BCUT2D eigenvalue weighted by molar-refractivity contribution is 5.46. The van der Waals surface area contributed by atoms with Gasteiger partial charge in [0.1, 0.15) is 12.4 Å². The summed E-state index contributed by atoms with van der Waals surface area (Å²) in [6, 6.07) is 8.95. The number of hydrogen-bond acceptors (Lipinski definition) is 2. The molecule has 0 aliphatic heterocycles. The van der Waals surface area contributed by atoms with E-state index in [4.69, 9.17) is 10.5 Å². The molecule has 2 rings (SSSR count). The van der Waals surface area contributed by atoms with Crippen molar-refractivity contribution in [2.75, 3.05) is 5.73 Å². The average Bonchev–Trinajstić information content (AvgIpc) is 2.33. The summed E-state index contributed by atoms with van der Waals surface area (Å²) < 4.78 is 31.8. The van der Waals surface area contributed by atoms with Gasteiger partial charge in [-0.05, 0) is 30.7 Å². The largest absolute Gasteiger partial charge is 0.486 e. The first-order valence-electron chi connectivity index (χ1n) is 5.50. The number of hydrogen-bond donors (Lipinski definition) is 1.